The molecule has 0 atom stereocenters. The van der Waals surface area contributed by atoms with Gasteiger partial charge in [0.25, 0.3) is 0 Å². The molecule has 0 aromatic rings. The minimum atomic E-state index is -2.28. The zero-order chi connectivity index (χ0) is 14.7. The van der Waals surface area contributed by atoms with Crippen LogP contribution in [-0.2, 0) is 81.5 Å². The van der Waals surface area contributed by atoms with Gasteiger partial charge in [0.15, 0.2) is 0 Å². The van der Waals surface area contributed by atoms with Gasteiger partial charge in [0.05, 0.1) is 0 Å². The van der Waals surface area contributed by atoms with Crippen LogP contribution in [0.15, 0.2) is 0 Å². The second-order valence-electron chi connectivity index (χ2n) is 1.26. The molecule has 0 bridgehead atoms. The van der Waals surface area contributed by atoms with Crippen molar-refractivity contribution >= 4 is 24.1 Å². The summed E-state index contributed by atoms with van der Waals surface area (Å²) < 4.78 is 8.27. The van der Waals surface area contributed by atoms with E-state index in [0.29, 0.717) is 0 Å². The van der Waals surface area contributed by atoms with Crippen molar-refractivity contribution < 1.29 is 92.0 Å². The summed E-state index contributed by atoms with van der Waals surface area (Å²) >= 11 is -2.28. The zero-order valence-corrected chi connectivity index (χ0v) is 11.8. The van der Waals surface area contributed by atoms with Crippen molar-refractivity contribution in [3.05, 3.63) is 0 Å². The molecule has 0 unspecified atom stereocenters. The van der Waals surface area contributed by atoms with Crippen LogP contribution < -0.4 is 0 Å². The van der Waals surface area contributed by atoms with Gasteiger partial charge in [-0.2, -0.15) is 0 Å². The SMILES string of the molecule is OOOOOOOOO[O][Bi][O]OOOOOOOO. The second kappa shape index (κ2) is 19.1. The molecule has 0 saturated carbocycles. The van der Waals surface area contributed by atoms with Crippen molar-refractivity contribution in [2.24, 2.45) is 0 Å². The van der Waals surface area contributed by atoms with Crippen LogP contribution in [0.25, 0.3) is 0 Å². The molecule has 0 heterocycles. The van der Waals surface area contributed by atoms with Gasteiger partial charge >= 0.3 is 116 Å². The Hall–Kier alpha value is 0.123. The maximum atomic E-state index is 7.51. The summed E-state index contributed by atoms with van der Waals surface area (Å²) in [7, 11) is 0. The fourth-order valence-corrected chi connectivity index (χ4v) is 0.672. The van der Waals surface area contributed by atoms with Crippen LogP contribution >= 0.6 is 0 Å². The van der Waals surface area contributed by atoms with E-state index in [-0.39, 0.29) is 0 Å². The summed E-state index contributed by atoms with van der Waals surface area (Å²) in [6, 6.07) is 0. The minimum absolute atomic E-state index is 2.28. The third kappa shape index (κ3) is 18.1. The summed E-state index contributed by atoms with van der Waals surface area (Å²) in [5.41, 5.74) is 0. The molecule has 0 aliphatic heterocycles. The van der Waals surface area contributed by atoms with Gasteiger partial charge in [-0.05, 0) is 0 Å². The predicted molar refractivity (Wildman–Crippen MR) is 29.5 cm³/mol. The Bertz CT molecular complexity index is 138. The van der Waals surface area contributed by atoms with Crippen LogP contribution in [0.4, 0.5) is 0 Å². The Morgan fingerprint density at radius 3 is 1.05 bits per heavy atom. The van der Waals surface area contributed by atoms with E-state index in [0.717, 1.165) is 0 Å². The average Bonchev–Trinajstić information content (AvgIpc) is 2.47. The maximum absolute atomic E-state index is 7.51. The van der Waals surface area contributed by atoms with E-state index in [1.165, 1.54) is 0 Å². The summed E-state index contributed by atoms with van der Waals surface area (Å²) in [5.74, 6) is 0. The van der Waals surface area contributed by atoms with Crippen LogP contribution in [0, 0.1) is 0 Å². The Morgan fingerprint density at radius 2 is 0.700 bits per heavy atom. The molecule has 0 fully saturated rings. The average molecular weight is 515 g/mol. The van der Waals surface area contributed by atoms with Gasteiger partial charge in [-0.1, -0.05) is 0 Å². The van der Waals surface area contributed by atoms with Crippen LogP contribution in [0.1, 0.15) is 0 Å². The molecule has 0 aromatic heterocycles. The first kappa shape index (κ1) is 20.1. The van der Waals surface area contributed by atoms with Gasteiger partial charge in [-0.25, -0.2) is 0 Å². The van der Waals surface area contributed by atoms with Gasteiger partial charge in [0.2, 0.25) is 0 Å². The first-order valence-electron chi connectivity index (χ1n) is 3.23. The van der Waals surface area contributed by atoms with E-state index in [4.69, 9.17) is 10.5 Å². The predicted octanol–water partition coefficient (Wildman–Crippen LogP) is -1.53. The third-order valence-corrected chi connectivity index (χ3v) is 1.43. The fourth-order valence-electron chi connectivity index (χ4n) is 0.189. The van der Waals surface area contributed by atoms with Crippen molar-refractivity contribution in [3.8, 4) is 0 Å². The van der Waals surface area contributed by atoms with Crippen molar-refractivity contribution in [1.29, 1.82) is 0 Å². The number of hydrogen-bond donors (Lipinski definition) is 2. The van der Waals surface area contributed by atoms with E-state index in [2.05, 4.69) is 81.5 Å². The van der Waals surface area contributed by atoms with E-state index in [1.807, 2.05) is 0 Å². The van der Waals surface area contributed by atoms with Crippen LogP contribution in [0.2, 0.25) is 0 Å². The van der Waals surface area contributed by atoms with Gasteiger partial charge in [0, 0.05) is 0 Å². The van der Waals surface area contributed by atoms with Crippen molar-refractivity contribution in [2.75, 3.05) is 0 Å². The van der Waals surface area contributed by atoms with Crippen molar-refractivity contribution in [2.45, 2.75) is 0 Å². The molecule has 20 heteroatoms. The Kier molecular flexibility index (Phi) is 19.2. The van der Waals surface area contributed by atoms with E-state index in [9.17, 15) is 0 Å². The molecule has 0 rings (SSSR count). The van der Waals surface area contributed by atoms with Gasteiger partial charge < -0.3 is 0 Å². The van der Waals surface area contributed by atoms with Crippen LogP contribution in [0.5, 0.6) is 0 Å². The number of hydrogen-bond acceptors (Lipinski definition) is 19. The Morgan fingerprint density at radius 1 is 0.400 bits per heavy atom. The molecule has 2 N–H and O–H groups in total. The molecule has 0 spiro atoms. The summed E-state index contributed by atoms with van der Waals surface area (Å²) in [6.07, 6.45) is 0. The normalized spacial score (nSPS) is 11.1. The molecule has 1 radical (unpaired) electrons. The third-order valence-electron chi connectivity index (χ3n) is 0.488. The fraction of sp³-hybridized carbons (Fsp3) is 0. The van der Waals surface area contributed by atoms with E-state index in [1.54, 1.807) is 0 Å². The first-order chi connectivity index (χ1) is 9.91. The van der Waals surface area contributed by atoms with Gasteiger partial charge in [0.1, 0.15) is 0 Å². The van der Waals surface area contributed by atoms with Crippen LogP contribution in [-0.4, -0.2) is 34.6 Å². The quantitative estimate of drug-likeness (QED) is 0.0979. The summed E-state index contributed by atoms with van der Waals surface area (Å²) in [6.45, 7) is 0. The van der Waals surface area contributed by atoms with Gasteiger partial charge in [-0.3, -0.25) is 0 Å². The molecule has 20 heavy (non-hydrogen) atoms. The van der Waals surface area contributed by atoms with Crippen LogP contribution in [0.3, 0.4) is 0 Å². The monoisotopic (exact) mass is 515 g/mol. The Balaban J connectivity index is 2.89. The van der Waals surface area contributed by atoms with Crippen molar-refractivity contribution in [3.63, 3.8) is 0 Å². The topological polar surface area (TPSA) is 197 Å². The first-order valence-corrected chi connectivity index (χ1v) is 6.07. The number of rotatable bonds is 17. The van der Waals surface area contributed by atoms with E-state index < -0.39 is 24.1 Å². The van der Waals surface area contributed by atoms with Gasteiger partial charge in [-0.15, -0.1) is 0 Å². The summed E-state index contributed by atoms with van der Waals surface area (Å²) in [5, 5.41) is 66.3. The molecule has 0 aliphatic rings. The van der Waals surface area contributed by atoms with E-state index >= 15 is 0 Å². The second-order valence-corrected chi connectivity index (χ2v) is 3.00. The molecular weight excluding hydrogens is 513 g/mol. The Labute approximate surface area is 117 Å². The molecule has 0 saturated heterocycles. The molecule has 0 aromatic carbocycles. The van der Waals surface area contributed by atoms with Crippen molar-refractivity contribution in [1.82, 2.24) is 0 Å². The standard InChI is InChI=1S/Bi.H2O10.H2O9/c;1-3-5-7-9-10-8-6-4-2;1-3-5-7-9-8-6-4-2/h;1-2H;1-2H/q+2;;/p-2. The zero-order valence-electron chi connectivity index (χ0n) is 8.28. The molecule has 0 amide bonds. The molecular formula is H2BiO19. The molecule has 121 valence electrons. The molecule has 0 aliphatic carbocycles. The summed E-state index contributed by atoms with van der Waals surface area (Å²) in [4.78, 5) is 0. The molecule has 19 nitrogen and oxygen atoms in total.